The SMILES string of the molecule is CCCCC1=COCC1CCCC. The number of unbranched alkanes of at least 4 members (excludes halogenated alkanes) is 2. The molecule has 0 radical (unpaired) electrons. The van der Waals surface area contributed by atoms with E-state index in [0.717, 1.165) is 12.5 Å². The maximum absolute atomic E-state index is 5.40. The molecule has 13 heavy (non-hydrogen) atoms. The molecule has 0 aromatic carbocycles. The first kappa shape index (κ1) is 10.6. The molecule has 0 amide bonds. The van der Waals surface area contributed by atoms with E-state index in [9.17, 15) is 0 Å². The highest BCUT2D eigenvalue weighted by Crippen LogP contribution is 2.28. The van der Waals surface area contributed by atoms with Gasteiger partial charge in [0.2, 0.25) is 0 Å². The summed E-state index contributed by atoms with van der Waals surface area (Å²) in [7, 11) is 0. The molecule has 0 N–H and O–H groups in total. The molecule has 1 heterocycles. The Labute approximate surface area is 82.2 Å². The van der Waals surface area contributed by atoms with Gasteiger partial charge in [-0.3, -0.25) is 0 Å². The molecule has 0 fully saturated rings. The van der Waals surface area contributed by atoms with Crippen molar-refractivity contribution in [2.75, 3.05) is 6.61 Å². The molecule has 0 saturated heterocycles. The van der Waals surface area contributed by atoms with Gasteiger partial charge in [-0.25, -0.2) is 0 Å². The van der Waals surface area contributed by atoms with Crippen LogP contribution in [0.3, 0.4) is 0 Å². The summed E-state index contributed by atoms with van der Waals surface area (Å²) in [5.41, 5.74) is 1.57. The van der Waals surface area contributed by atoms with Crippen molar-refractivity contribution in [2.45, 2.75) is 52.4 Å². The molecule has 1 aliphatic heterocycles. The summed E-state index contributed by atoms with van der Waals surface area (Å²) in [4.78, 5) is 0. The van der Waals surface area contributed by atoms with Crippen LogP contribution in [-0.2, 0) is 4.74 Å². The van der Waals surface area contributed by atoms with E-state index in [1.165, 1.54) is 38.5 Å². The van der Waals surface area contributed by atoms with Crippen molar-refractivity contribution in [3.05, 3.63) is 11.8 Å². The molecule has 0 aliphatic carbocycles. The zero-order valence-electron chi connectivity index (χ0n) is 9.01. The summed E-state index contributed by atoms with van der Waals surface area (Å²) in [6, 6.07) is 0. The first-order valence-electron chi connectivity index (χ1n) is 5.69. The minimum absolute atomic E-state index is 0.742. The van der Waals surface area contributed by atoms with Gasteiger partial charge in [0.05, 0.1) is 12.9 Å². The standard InChI is InChI=1S/C12H22O/c1-3-5-7-11-9-13-10-12(11)8-6-4-2/h9,12H,3-8,10H2,1-2H3. The maximum atomic E-state index is 5.40. The van der Waals surface area contributed by atoms with Gasteiger partial charge in [0.25, 0.3) is 0 Å². The third kappa shape index (κ3) is 3.41. The first-order chi connectivity index (χ1) is 6.38. The predicted molar refractivity (Wildman–Crippen MR) is 56.6 cm³/mol. The van der Waals surface area contributed by atoms with E-state index in [0.29, 0.717) is 0 Å². The number of ether oxygens (including phenoxy) is 1. The Balaban J connectivity index is 2.25. The van der Waals surface area contributed by atoms with E-state index in [4.69, 9.17) is 4.74 Å². The van der Waals surface area contributed by atoms with Crippen LogP contribution in [0.25, 0.3) is 0 Å². The zero-order valence-corrected chi connectivity index (χ0v) is 9.01. The Bertz CT molecular complexity index is 161. The third-order valence-corrected chi connectivity index (χ3v) is 2.78. The average Bonchev–Trinajstić information content (AvgIpc) is 2.59. The summed E-state index contributed by atoms with van der Waals surface area (Å²) in [6.07, 6.45) is 9.84. The quantitative estimate of drug-likeness (QED) is 0.605. The van der Waals surface area contributed by atoms with Gasteiger partial charge in [-0.1, -0.05) is 33.1 Å². The molecule has 0 aromatic heterocycles. The molecular formula is C12H22O. The van der Waals surface area contributed by atoms with Crippen LogP contribution in [0, 0.1) is 5.92 Å². The van der Waals surface area contributed by atoms with Crippen molar-refractivity contribution in [1.29, 1.82) is 0 Å². The maximum Gasteiger partial charge on any atom is 0.0939 e. The van der Waals surface area contributed by atoms with E-state index in [1.807, 2.05) is 6.26 Å². The lowest BCUT2D eigenvalue weighted by atomic mass is 9.93. The fraction of sp³-hybridized carbons (Fsp3) is 0.833. The van der Waals surface area contributed by atoms with Crippen molar-refractivity contribution < 1.29 is 4.74 Å². The van der Waals surface area contributed by atoms with Gasteiger partial charge in [0.1, 0.15) is 0 Å². The van der Waals surface area contributed by atoms with Crippen LogP contribution in [0.4, 0.5) is 0 Å². The Hall–Kier alpha value is -0.460. The molecule has 0 spiro atoms. The van der Waals surface area contributed by atoms with Crippen LogP contribution >= 0.6 is 0 Å². The molecule has 1 unspecified atom stereocenters. The lowest BCUT2D eigenvalue weighted by molar-refractivity contribution is 0.242. The Kier molecular flexibility index (Phi) is 4.95. The number of hydrogen-bond donors (Lipinski definition) is 0. The summed E-state index contributed by atoms with van der Waals surface area (Å²) in [6.45, 7) is 5.45. The molecular weight excluding hydrogens is 160 g/mol. The van der Waals surface area contributed by atoms with Gasteiger partial charge in [-0.2, -0.15) is 0 Å². The fourth-order valence-electron chi connectivity index (χ4n) is 1.84. The van der Waals surface area contributed by atoms with Crippen molar-refractivity contribution in [3.8, 4) is 0 Å². The highest BCUT2D eigenvalue weighted by atomic mass is 16.5. The van der Waals surface area contributed by atoms with Crippen molar-refractivity contribution in [2.24, 2.45) is 5.92 Å². The Morgan fingerprint density at radius 2 is 2.08 bits per heavy atom. The van der Waals surface area contributed by atoms with Gasteiger partial charge in [-0.15, -0.1) is 0 Å². The van der Waals surface area contributed by atoms with Gasteiger partial charge >= 0.3 is 0 Å². The molecule has 1 nitrogen and oxygen atoms in total. The van der Waals surface area contributed by atoms with Crippen molar-refractivity contribution >= 4 is 0 Å². The Morgan fingerprint density at radius 3 is 2.77 bits per heavy atom. The van der Waals surface area contributed by atoms with Crippen LogP contribution in [0.1, 0.15) is 52.4 Å². The molecule has 0 bridgehead atoms. The van der Waals surface area contributed by atoms with Crippen LogP contribution in [0.5, 0.6) is 0 Å². The molecule has 0 aromatic rings. The summed E-state index contributed by atoms with van der Waals surface area (Å²) in [5, 5.41) is 0. The van der Waals surface area contributed by atoms with E-state index < -0.39 is 0 Å². The van der Waals surface area contributed by atoms with Gasteiger partial charge in [0.15, 0.2) is 0 Å². The van der Waals surface area contributed by atoms with E-state index in [-0.39, 0.29) is 0 Å². The lowest BCUT2D eigenvalue weighted by Crippen LogP contribution is -2.04. The van der Waals surface area contributed by atoms with Crippen molar-refractivity contribution in [1.82, 2.24) is 0 Å². The van der Waals surface area contributed by atoms with E-state index in [2.05, 4.69) is 13.8 Å². The number of rotatable bonds is 6. The molecule has 0 saturated carbocycles. The molecule has 76 valence electrons. The topological polar surface area (TPSA) is 9.23 Å². The van der Waals surface area contributed by atoms with Crippen LogP contribution in [0.2, 0.25) is 0 Å². The lowest BCUT2D eigenvalue weighted by Gasteiger charge is -2.11. The molecule has 1 atom stereocenters. The summed E-state index contributed by atoms with van der Waals surface area (Å²) < 4.78 is 5.40. The predicted octanol–water partition coefficient (Wildman–Crippen LogP) is 3.90. The normalized spacial score (nSPS) is 21.4. The first-order valence-corrected chi connectivity index (χ1v) is 5.69. The van der Waals surface area contributed by atoms with Crippen molar-refractivity contribution in [3.63, 3.8) is 0 Å². The molecule has 1 aliphatic rings. The van der Waals surface area contributed by atoms with E-state index >= 15 is 0 Å². The highest BCUT2D eigenvalue weighted by Gasteiger charge is 2.19. The van der Waals surface area contributed by atoms with E-state index in [1.54, 1.807) is 5.57 Å². The minimum atomic E-state index is 0.742. The second-order valence-electron chi connectivity index (χ2n) is 3.97. The van der Waals surface area contributed by atoms with Gasteiger partial charge in [-0.05, 0) is 24.8 Å². The van der Waals surface area contributed by atoms with Crippen LogP contribution < -0.4 is 0 Å². The number of hydrogen-bond acceptors (Lipinski definition) is 1. The average molecular weight is 182 g/mol. The fourth-order valence-corrected chi connectivity index (χ4v) is 1.84. The second kappa shape index (κ2) is 6.06. The van der Waals surface area contributed by atoms with Gasteiger partial charge < -0.3 is 4.74 Å². The highest BCUT2D eigenvalue weighted by molar-refractivity contribution is 5.07. The summed E-state index contributed by atoms with van der Waals surface area (Å²) in [5.74, 6) is 0.742. The molecule has 1 rings (SSSR count). The van der Waals surface area contributed by atoms with Crippen LogP contribution in [0.15, 0.2) is 11.8 Å². The smallest absolute Gasteiger partial charge is 0.0939 e. The Morgan fingerprint density at radius 1 is 1.31 bits per heavy atom. The summed E-state index contributed by atoms with van der Waals surface area (Å²) >= 11 is 0. The third-order valence-electron chi connectivity index (χ3n) is 2.78. The van der Waals surface area contributed by atoms with Gasteiger partial charge in [0, 0.05) is 5.92 Å². The van der Waals surface area contributed by atoms with Crippen LogP contribution in [-0.4, -0.2) is 6.61 Å². The molecule has 1 heteroatoms. The second-order valence-corrected chi connectivity index (χ2v) is 3.97. The monoisotopic (exact) mass is 182 g/mol. The minimum Gasteiger partial charge on any atom is -0.501 e. The zero-order chi connectivity index (χ0) is 9.52. The largest absolute Gasteiger partial charge is 0.501 e.